The molecule has 0 aliphatic carbocycles. The summed E-state index contributed by atoms with van der Waals surface area (Å²) in [7, 11) is 1.69. The zero-order valence-electron chi connectivity index (χ0n) is 11.8. The van der Waals surface area contributed by atoms with Gasteiger partial charge in [0.1, 0.15) is 5.75 Å². The third-order valence-corrected chi connectivity index (χ3v) is 3.61. The van der Waals surface area contributed by atoms with Gasteiger partial charge in [0.2, 0.25) is 5.91 Å². The number of nitrogens with one attached hydrogen (secondary N) is 1. The molecule has 1 amide bonds. The minimum Gasteiger partial charge on any atom is -0.495 e. The smallest absolute Gasteiger partial charge is 0.235 e. The van der Waals surface area contributed by atoms with Crippen LogP contribution in [0, 0.1) is 0 Å². The van der Waals surface area contributed by atoms with Crippen LogP contribution >= 0.6 is 0 Å². The number of benzene rings is 1. The maximum atomic E-state index is 11.1. The summed E-state index contributed by atoms with van der Waals surface area (Å²) in [5.74, 6) is 5.87. The number of carbonyl (C=O) groups is 1. The minimum atomic E-state index is -0.114. The first-order valence-electron chi connectivity index (χ1n) is 6.84. The maximum absolute atomic E-state index is 11.1. The standard InChI is InChI=1S/C14H22N4O2/c1-20-13-5-3-2-4-12(13)18-10-8-17(9-11-18)7-6-14(19)16-15/h2-5H,6-11,15H2,1H3,(H,16,19). The van der Waals surface area contributed by atoms with Crippen LogP contribution in [0.25, 0.3) is 0 Å². The summed E-state index contributed by atoms with van der Waals surface area (Å²) in [5, 5.41) is 0. The monoisotopic (exact) mass is 278 g/mol. The molecule has 2 rings (SSSR count). The van der Waals surface area contributed by atoms with Crippen LogP contribution in [0.5, 0.6) is 5.75 Å². The van der Waals surface area contributed by atoms with Gasteiger partial charge in [-0.05, 0) is 12.1 Å². The lowest BCUT2D eigenvalue weighted by atomic mass is 10.2. The third-order valence-electron chi connectivity index (χ3n) is 3.61. The number of hydrogen-bond acceptors (Lipinski definition) is 5. The fourth-order valence-corrected chi connectivity index (χ4v) is 2.44. The summed E-state index contributed by atoms with van der Waals surface area (Å²) in [4.78, 5) is 15.7. The Morgan fingerprint density at radius 3 is 2.65 bits per heavy atom. The lowest BCUT2D eigenvalue weighted by molar-refractivity contribution is -0.121. The van der Waals surface area contributed by atoms with Gasteiger partial charge in [-0.1, -0.05) is 12.1 Å². The van der Waals surface area contributed by atoms with E-state index in [0.29, 0.717) is 6.42 Å². The fraction of sp³-hybridized carbons (Fsp3) is 0.500. The molecule has 110 valence electrons. The van der Waals surface area contributed by atoms with Gasteiger partial charge < -0.3 is 9.64 Å². The summed E-state index contributed by atoms with van der Waals surface area (Å²) in [6.45, 7) is 4.50. The number of ether oxygens (including phenoxy) is 1. The Morgan fingerprint density at radius 2 is 2.00 bits per heavy atom. The van der Waals surface area contributed by atoms with Gasteiger partial charge in [0.15, 0.2) is 0 Å². The van der Waals surface area contributed by atoms with E-state index in [2.05, 4.69) is 21.3 Å². The van der Waals surface area contributed by atoms with Crippen LogP contribution in [0.1, 0.15) is 6.42 Å². The van der Waals surface area contributed by atoms with Crippen molar-refractivity contribution in [2.75, 3.05) is 44.7 Å². The molecule has 0 radical (unpaired) electrons. The highest BCUT2D eigenvalue weighted by atomic mass is 16.5. The van der Waals surface area contributed by atoms with Crippen molar-refractivity contribution in [3.05, 3.63) is 24.3 Å². The summed E-state index contributed by atoms with van der Waals surface area (Å²) in [6, 6.07) is 8.06. The average molecular weight is 278 g/mol. The van der Waals surface area contributed by atoms with Crippen LogP contribution in [-0.4, -0.2) is 50.6 Å². The van der Waals surface area contributed by atoms with Crippen molar-refractivity contribution < 1.29 is 9.53 Å². The number of methoxy groups -OCH3 is 1. The molecule has 0 unspecified atom stereocenters. The van der Waals surface area contributed by atoms with E-state index in [4.69, 9.17) is 10.6 Å². The predicted molar refractivity (Wildman–Crippen MR) is 78.6 cm³/mol. The van der Waals surface area contributed by atoms with E-state index in [1.807, 2.05) is 18.2 Å². The van der Waals surface area contributed by atoms with Crippen LogP contribution in [-0.2, 0) is 4.79 Å². The first-order chi connectivity index (χ1) is 9.74. The van der Waals surface area contributed by atoms with Crippen molar-refractivity contribution in [3.8, 4) is 5.75 Å². The number of para-hydroxylation sites is 2. The summed E-state index contributed by atoms with van der Waals surface area (Å²) in [5.41, 5.74) is 3.30. The summed E-state index contributed by atoms with van der Waals surface area (Å²) < 4.78 is 5.40. The molecule has 1 aromatic rings. The Labute approximate surface area is 119 Å². The molecule has 0 atom stereocenters. The normalized spacial score (nSPS) is 16.0. The average Bonchev–Trinajstić information content (AvgIpc) is 2.53. The SMILES string of the molecule is COc1ccccc1N1CCN(CCC(=O)NN)CC1. The van der Waals surface area contributed by atoms with Gasteiger partial charge in [0, 0.05) is 39.1 Å². The molecular weight excluding hydrogens is 256 g/mol. The maximum Gasteiger partial charge on any atom is 0.235 e. The van der Waals surface area contributed by atoms with E-state index in [1.165, 1.54) is 0 Å². The molecule has 6 nitrogen and oxygen atoms in total. The van der Waals surface area contributed by atoms with Gasteiger partial charge in [0.25, 0.3) is 0 Å². The first-order valence-corrected chi connectivity index (χ1v) is 6.84. The second-order valence-corrected chi connectivity index (χ2v) is 4.82. The molecule has 1 heterocycles. The predicted octanol–water partition coefficient (Wildman–Crippen LogP) is 0.197. The molecule has 3 N–H and O–H groups in total. The van der Waals surface area contributed by atoms with Crippen LogP contribution in [0.3, 0.4) is 0 Å². The zero-order valence-corrected chi connectivity index (χ0v) is 11.8. The number of carbonyl (C=O) groups excluding carboxylic acids is 1. The number of hydrogen-bond donors (Lipinski definition) is 2. The molecule has 0 saturated carbocycles. The van der Waals surface area contributed by atoms with Crippen LogP contribution in [0.15, 0.2) is 24.3 Å². The molecule has 1 aromatic carbocycles. The Bertz CT molecular complexity index is 445. The van der Waals surface area contributed by atoms with Gasteiger partial charge in [-0.2, -0.15) is 0 Å². The molecule has 1 fully saturated rings. The van der Waals surface area contributed by atoms with Crippen LogP contribution in [0.2, 0.25) is 0 Å². The highest BCUT2D eigenvalue weighted by molar-refractivity contribution is 5.75. The Balaban J connectivity index is 1.86. The van der Waals surface area contributed by atoms with E-state index >= 15 is 0 Å². The van der Waals surface area contributed by atoms with E-state index in [0.717, 1.165) is 44.2 Å². The number of anilines is 1. The van der Waals surface area contributed by atoms with Crippen molar-refractivity contribution in [3.63, 3.8) is 0 Å². The molecule has 0 spiro atoms. The molecule has 0 aromatic heterocycles. The van der Waals surface area contributed by atoms with E-state index in [-0.39, 0.29) is 5.91 Å². The highest BCUT2D eigenvalue weighted by Crippen LogP contribution is 2.28. The number of amides is 1. The van der Waals surface area contributed by atoms with Crippen molar-refractivity contribution in [1.82, 2.24) is 10.3 Å². The molecule has 6 heteroatoms. The lowest BCUT2D eigenvalue weighted by Gasteiger charge is -2.36. The second-order valence-electron chi connectivity index (χ2n) is 4.82. The van der Waals surface area contributed by atoms with E-state index in [9.17, 15) is 4.79 Å². The number of hydrazine groups is 1. The number of nitrogens with two attached hydrogens (primary N) is 1. The van der Waals surface area contributed by atoms with Crippen molar-refractivity contribution in [2.45, 2.75) is 6.42 Å². The van der Waals surface area contributed by atoms with Crippen LogP contribution < -0.4 is 20.9 Å². The third kappa shape index (κ3) is 3.61. The number of piperazine rings is 1. The molecular formula is C14H22N4O2. The Morgan fingerprint density at radius 1 is 1.30 bits per heavy atom. The Kier molecular flexibility index (Phi) is 5.20. The second kappa shape index (κ2) is 7.12. The Hall–Kier alpha value is -1.79. The van der Waals surface area contributed by atoms with Crippen molar-refractivity contribution in [2.24, 2.45) is 5.84 Å². The quantitative estimate of drug-likeness (QED) is 0.457. The van der Waals surface area contributed by atoms with Gasteiger partial charge in [-0.15, -0.1) is 0 Å². The molecule has 1 aliphatic rings. The number of nitrogens with zero attached hydrogens (tertiary/aromatic N) is 2. The minimum absolute atomic E-state index is 0.114. The fourth-order valence-electron chi connectivity index (χ4n) is 2.44. The van der Waals surface area contributed by atoms with Crippen molar-refractivity contribution in [1.29, 1.82) is 0 Å². The summed E-state index contributed by atoms with van der Waals surface area (Å²) >= 11 is 0. The summed E-state index contributed by atoms with van der Waals surface area (Å²) in [6.07, 6.45) is 0.450. The van der Waals surface area contributed by atoms with Crippen LogP contribution in [0.4, 0.5) is 5.69 Å². The zero-order chi connectivity index (χ0) is 14.4. The van der Waals surface area contributed by atoms with Crippen molar-refractivity contribution >= 4 is 11.6 Å². The molecule has 1 saturated heterocycles. The molecule has 20 heavy (non-hydrogen) atoms. The highest BCUT2D eigenvalue weighted by Gasteiger charge is 2.19. The molecule has 1 aliphatic heterocycles. The largest absolute Gasteiger partial charge is 0.495 e. The van der Waals surface area contributed by atoms with Gasteiger partial charge in [-0.3, -0.25) is 15.1 Å². The van der Waals surface area contributed by atoms with Gasteiger partial charge in [-0.25, -0.2) is 5.84 Å². The van der Waals surface area contributed by atoms with Gasteiger partial charge in [0.05, 0.1) is 12.8 Å². The number of rotatable bonds is 5. The van der Waals surface area contributed by atoms with E-state index < -0.39 is 0 Å². The van der Waals surface area contributed by atoms with E-state index in [1.54, 1.807) is 7.11 Å². The first kappa shape index (κ1) is 14.6. The topological polar surface area (TPSA) is 70.8 Å². The molecule has 0 bridgehead atoms. The van der Waals surface area contributed by atoms with Gasteiger partial charge >= 0.3 is 0 Å². The lowest BCUT2D eigenvalue weighted by Crippen LogP contribution is -2.47.